The Balaban J connectivity index is 0.000000505. The molecular weight excluding hydrogens is 518 g/mol. The summed E-state index contributed by atoms with van der Waals surface area (Å²) >= 11 is 0. The second kappa shape index (κ2) is 11.0. The van der Waals surface area contributed by atoms with Gasteiger partial charge < -0.3 is 24.9 Å². The van der Waals surface area contributed by atoms with E-state index in [-0.39, 0.29) is 23.1 Å². The molecule has 0 radical (unpaired) electrons. The van der Waals surface area contributed by atoms with Crippen LogP contribution in [0.15, 0.2) is 45.7 Å². The van der Waals surface area contributed by atoms with Crippen LogP contribution < -0.4 is 16.4 Å². The molecule has 0 atom stereocenters. The zero-order valence-electron chi connectivity index (χ0n) is 19.9. The molecule has 0 spiro atoms. The van der Waals surface area contributed by atoms with E-state index < -0.39 is 23.9 Å². The average molecular weight is 537 g/mol. The number of aromatic nitrogens is 3. The van der Waals surface area contributed by atoms with Gasteiger partial charge in [0.15, 0.2) is 11.4 Å². The minimum absolute atomic E-state index is 0.111. The van der Waals surface area contributed by atoms with E-state index >= 15 is 0 Å². The van der Waals surface area contributed by atoms with Gasteiger partial charge in [0.05, 0.1) is 12.6 Å². The van der Waals surface area contributed by atoms with Crippen LogP contribution in [0.4, 0.5) is 40.7 Å². The Hall–Kier alpha value is -4.95. The minimum atomic E-state index is -5.08. The van der Waals surface area contributed by atoms with E-state index in [4.69, 9.17) is 19.1 Å². The van der Waals surface area contributed by atoms with Crippen LogP contribution in [0.2, 0.25) is 0 Å². The van der Waals surface area contributed by atoms with Crippen molar-refractivity contribution in [1.29, 1.82) is 0 Å². The van der Waals surface area contributed by atoms with Gasteiger partial charge in [0.25, 0.3) is 0 Å². The van der Waals surface area contributed by atoms with E-state index in [0.29, 0.717) is 33.6 Å². The summed E-state index contributed by atoms with van der Waals surface area (Å²) in [6.07, 6.45) is -3.76. The number of H-pyrrole nitrogens is 1. The normalized spacial score (nSPS) is 10.9. The van der Waals surface area contributed by atoms with Crippen LogP contribution in [0.1, 0.15) is 21.5 Å². The molecule has 2 aromatic heterocycles. The van der Waals surface area contributed by atoms with Gasteiger partial charge in [-0.3, -0.25) is 4.98 Å². The van der Waals surface area contributed by atoms with Crippen molar-refractivity contribution < 1.29 is 41.4 Å². The van der Waals surface area contributed by atoms with Gasteiger partial charge in [0.2, 0.25) is 5.95 Å². The average Bonchev–Trinajstić information content (AvgIpc) is 3.21. The second-order valence-corrected chi connectivity index (χ2v) is 7.65. The molecule has 2 aromatic carbocycles. The standard InChI is InChI=1S/C21H18FN5O4.C2HF3O2/c1-10-6-13(7-11(2)17(10)22)25-20-23-9-14(19(28)30-3)18(27-20)24-12-4-5-16-15(8-12)26-21(29)31-16;3-2(4,5)1(6)7/h4-9H,1-3H3,(H,26,29)(H2,23,24,25,27);(H,6,7). The lowest BCUT2D eigenvalue weighted by atomic mass is 10.1. The summed E-state index contributed by atoms with van der Waals surface area (Å²) in [5, 5.41) is 13.2. The highest BCUT2D eigenvalue weighted by atomic mass is 19.4. The predicted octanol–water partition coefficient (Wildman–Crippen LogP) is 4.57. The molecule has 0 saturated carbocycles. The fraction of sp³-hybridized carbons (Fsp3) is 0.174. The van der Waals surface area contributed by atoms with Crippen LogP contribution in [0.5, 0.6) is 0 Å². The predicted molar refractivity (Wildman–Crippen MR) is 126 cm³/mol. The van der Waals surface area contributed by atoms with E-state index in [2.05, 4.69) is 25.6 Å². The van der Waals surface area contributed by atoms with Crippen molar-refractivity contribution >= 4 is 46.2 Å². The first-order valence-corrected chi connectivity index (χ1v) is 10.5. The monoisotopic (exact) mass is 537 g/mol. The zero-order valence-corrected chi connectivity index (χ0v) is 19.9. The summed E-state index contributed by atoms with van der Waals surface area (Å²) in [6, 6.07) is 8.19. The van der Waals surface area contributed by atoms with Crippen LogP contribution in [0.3, 0.4) is 0 Å². The highest BCUT2D eigenvalue weighted by Crippen LogP contribution is 2.25. The summed E-state index contributed by atoms with van der Waals surface area (Å²) in [6.45, 7) is 3.33. The number of rotatable bonds is 5. The largest absolute Gasteiger partial charge is 0.490 e. The molecule has 2 heterocycles. The summed E-state index contributed by atoms with van der Waals surface area (Å²) in [7, 11) is 1.25. The minimum Gasteiger partial charge on any atom is -0.475 e. The first kappa shape index (κ1) is 27.6. The van der Waals surface area contributed by atoms with Gasteiger partial charge in [0.1, 0.15) is 11.4 Å². The van der Waals surface area contributed by atoms with Crippen LogP contribution in [0, 0.1) is 19.7 Å². The Bertz CT molecular complexity index is 1540. The van der Waals surface area contributed by atoms with Crippen molar-refractivity contribution in [1.82, 2.24) is 15.0 Å². The third kappa shape index (κ3) is 6.63. The lowest BCUT2D eigenvalue weighted by molar-refractivity contribution is -0.192. The molecule has 0 aliphatic heterocycles. The number of oxazole rings is 1. The molecule has 4 N–H and O–H groups in total. The molecule has 11 nitrogen and oxygen atoms in total. The number of hydrogen-bond acceptors (Lipinski definition) is 9. The summed E-state index contributed by atoms with van der Waals surface area (Å²) < 4.78 is 55.4. The van der Waals surface area contributed by atoms with Crippen molar-refractivity contribution in [3.05, 3.63) is 69.6 Å². The number of carboxylic acids is 1. The number of nitrogens with one attached hydrogen (secondary N) is 3. The number of carboxylic acid groups (broad SMARTS) is 1. The number of alkyl halides is 3. The second-order valence-electron chi connectivity index (χ2n) is 7.65. The summed E-state index contributed by atoms with van der Waals surface area (Å²) in [5.74, 6) is -3.85. The van der Waals surface area contributed by atoms with Gasteiger partial charge >= 0.3 is 23.9 Å². The van der Waals surface area contributed by atoms with Gasteiger partial charge in [-0.2, -0.15) is 18.2 Å². The number of fused-ring (bicyclic) bond motifs is 1. The first-order chi connectivity index (χ1) is 17.8. The zero-order chi connectivity index (χ0) is 28.2. The Labute approximate surface area is 210 Å². The highest BCUT2D eigenvalue weighted by Gasteiger charge is 2.38. The number of benzene rings is 2. The fourth-order valence-corrected chi connectivity index (χ4v) is 3.11. The molecule has 4 aromatic rings. The highest BCUT2D eigenvalue weighted by molar-refractivity contribution is 5.95. The smallest absolute Gasteiger partial charge is 0.475 e. The number of ether oxygens (including phenoxy) is 1. The first-order valence-electron chi connectivity index (χ1n) is 10.5. The van der Waals surface area contributed by atoms with E-state index in [0.717, 1.165) is 0 Å². The Morgan fingerprint density at radius 1 is 1.08 bits per heavy atom. The van der Waals surface area contributed by atoms with Gasteiger partial charge in [-0.05, 0) is 55.3 Å². The Kier molecular flexibility index (Phi) is 7.98. The molecule has 0 unspecified atom stereocenters. The van der Waals surface area contributed by atoms with Gasteiger partial charge in [-0.25, -0.2) is 23.8 Å². The van der Waals surface area contributed by atoms with Gasteiger partial charge in [-0.1, -0.05) is 0 Å². The maximum Gasteiger partial charge on any atom is 0.490 e. The Morgan fingerprint density at radius 3 is 2.29 bits per heavy atom. The number of methoxy groups -OCH3 is 1. The molecule has 0 amide bonds. The number of aromatic amines is 1. The van der Waals surface area contributed by atoms with Crippen molar-refractivity contribution in [2.24, 2.45) is 0 Å². The quantitative estimate of drug-likeness (QED) is 0.210. The maximum atomic E-state index is 13.9. The number of hydrogen-bond donors (Lipinski definition) is 4. The maximum absolute atomic E-state index is 13.9. The van der Waals surface area contributed by atoms with Crippen LogP contribution >= 0.6 is 0 Å². The lowest BCUT2D eigenvalue weighted by Crippen LogP contribution is -2.21. The lowest BCUT2D eigenvalue weighted by Gasteiger charge is -2.13. The molecule has 0 aliphatic rings. The van der Waals surface area contributed by atoms with Crippen molar-refractivity contribution in [3.63, 3.8) is 0 Å². The molecule has 15 heteroatoms. The number of halogens is 4. The van der Waals surface area contributed by atoms with Crippen molar-refractivity contribution in [3.8, 4) is 0 Å². The number of aryl methyl sites for hydroxylation is 2. The van der Waals surface area contributed by atoms with Crippen molar-refractivity contribution in [2.75, 3.05) is 17.7 Å². The molecule has 38 heavy (non-hydrogen) atoms. The van der Waals surface area contributed by atoms with Crippen molar-refractivity contribution in [2.45, 2.75) is 20.0 Å². The topological polar surface area (TPSA) is 159 Å². The summed E-state index contributed by atoms with van der Waals surface area (Å²) in [4.78, 5) is 43.5. The van der Waals surface area contributed by atoms with Gasteiger partial charge in [-0.15, -0.1) is 0 Å². The summed E-state index contributed by atoms with van der Waals surface area (Å²) in [5.41, 5.74) is 3.11. The molecule has 0 saturated heterocycles. The van der Waals surface area contributed by atoms with Crippen LogP contribution in [0.25, 0.3) is 11.1 Å². The number of esters is 1. The number of carbonyl (C=O) groups excluding carboxylic acids is 1. The molecular formula is C23H19F4N5O6. The van der Waals surface area contributed by atoms with E-state index in [9.17, 15) is 27.2 Å². The Morgan fingerprint density at radius 2 is 1.71 bits per heavy atom. The molecule has 0 bridgehead atoms. The van der Waals surface area contributed by atoms with E-state index in [1.807, 2.05) is 0 Å². The van der Waals surface area contributed by atoms with E-state index in [1.54, 1.807) is 44.2 Å². The molecule has 0 aliphatic carbocycles. The SMILES string of the molecule is COC(=O)c1cnc(Nc2cc(C)c(F)c(C)c2)nc1Nc1ccc2oc(=O)[nH]c2c1.O=C(O)C(F)(F)F. The number of carbonyl (C=O) groups is 2. The number of aliphatic carboxylic acids is 1. The number of nitrogens with zero attached hydrogens (tertiary/aromatic N) is 2. The van der Waals surface area contributed by atoms with Crippen LogP contribution in [-0.2, 0) is 9.53 Å². The van der Waals surface area contributed by atoms with E-state index in [1.165, 1.54) is 13.3 Å². The fourth-order valence-electron chi connectivity index (χ4n) is 3.11. The van der Waals surface area contributed by atoms with Gasteiger partial charge in [0, 0.05) is 17.6 Å². The molecule has 200 valence electrons. The third-order valence-corrected chi connectivity index (χ3v) is 4.81. The third-order valence-electron chi connectivity index (χ3n) is 4.81. The molecule has 4 rings (SSSR count). The molecule has 0 fully saturated rings. The number of anilines is 4. The van der Waals surface area contributed by atoms with Crippen LogP contribution in [-0.4, -0.2) is 45.3 Å².